The van der Waals surface area contributed by atoms with Crippen LogP contribution in [0.5, 0.6) is 0 Å². The number of nitro groups is 1. The quantitative estimate of drug-likeness (QED) is 0.481. The van der Waals surface area contributed by atoms with Gasteiger partial charge in [0, 0.05) is 13.6 Å². The summed E-state index contributed by atoms with van der Waals surface area (Å²) in [6.45, 7) is 8.32. The van der Waals surface area contributed by atoms with Crippen molar-refractivity contribution in [2.45, 2.75) is 27.7 Å². The highest BCUT2D eigenvalue weighted by atomic mass is 35.5. The van der Waals surface area contributed by atoms with Gasteiger partial charge in [-0.3, -0.25) is 10.1 Å². The summed E-state index contributed by atoms with van der Waals surface area (Å²) in [6, 6.07) is 0. The average Bonchev–Trinajstić information content (AvgIpc) is 2.12. The molecule has 0 aromatic carbocycles. The van der Waals surface area contributed by atoms with Gasteiger partial charge in [-0.2, -0.15) is 4.98 Å². The first kappa shape index (κ1) is 14.6. The highest BCUT2D eigenvalue weighted by Gasteiger charge is 2.26. The van der Waals surface area contributed by atoms with Gasteiger partial charge in [0.05, 0.1) is 4.92 Å². The molecule has 0 radical (unpaired) electrons. The van der Waals surface area contributed by atoms with Crippen LogP contribution in [0, 0.1) is 22.5 Å². The lowest BCUT2D eigenvalue weighted by atomic mass is 9.96. The van der Waals surface area contributed by atoms with Gasteiger partial charge in [0.1, 0.15) is 5.69 Å². The van der Waals surface area contributed by atoms with Gasteiger partial charge in [0.2, 0.25) is 11.1 Å². The normalized spacial score (nSPS) is 11.4. The number of nitrogens with zero attached hydrogens (tertiary/aromatic N) is 4. The summed E-state index contributed by atoms with van der Waals surface area (Å²) in [5.41, 5.74) is 0.176. The SMILES string of the molecule is Cc1nc(Cl)nc(N(C)CC(C)(C)C)c1[N+](=O)[O-]. The zero-order valence-corrected chi connectivity index (χ0v) is 11.9. The largest absolute Gasteiger partial charge is 0.353 e. The standard InChI is InChI=1S/C11H17ClN4O2/c1-7-8(16(17)18)9(14-10(12)13-7)15(5)6-11(2,3)4/h6H2,1-5H3. The highest BCUT2D eigenvalue weighted by molar-refractivity contribution is 6.28. The fraction of sp³-hybridized carbons (Fsp3) is 0.636. The molecule has 0 saturated heterocycles. The molecule has 18 heavy (non-hydrogen) atoms. The second kappa shape index (κ2) is 5.06. The Morgan fingerprint density at radius 3 is 2.39 bits per heavy atom. The van der Waals surface area contributed by atoms with Gasteiger partial charge in [0.15, 0.2) is 0 Å². The summed E-state index contributed by atoms with van der Waals surface area (Å²) in [7, 11) is 1.76. The molecule has 0 spiro atoms. The Labute approximate surface area is 111 Å². The Morgan fingerprint density at radius 2 is 1.94 bits per heavy atom. The molecule has 1 aromatic rings. The summed E-state index contributed by atoms with van der Waals surface area (Å²) in [5, 5.41) is 11.1. The van der Waals surface area contributed by atoms with Crippen LogP contribution in [-0.4, -0.2) is 28.5 Å². The molecule has 1 heterocycles. The predicted octanol–water partition coefficient (Wildman–Crippen LogP) is 2.83. The Bertz CT molecular complexity index is 471. The first-order chi connectivity index (χ1) is 8.11. The van der Waals surface area contributed by atoms with Crippen LogP contribution in [0.15, 0.2) is 0 Å². The maximum absolute atomic E-state index is 11.1. The van der Waals surface area contributed by atoms with Crippen LogP contribution < -0.4 is 4.90 Å². The van der Waals surface area contributed by atoms with Gasteiger partial charge in [0.25, 0.3) is 0 Å². The molecule has 0 aliphatic heterocycles. The molecule has 0 saturated carbocycles. The monoisotopic (exact) mass is 272 g/mol. The number of hydrogen-bond acceptors (Lipinski definition) is 5. The number of aromatic nitrogens is 2. The van der Waals surface area contributed by atoms with Gasteiger partial charge in [-0.05, 0) is 23.9 Å². The van der Waals surface area contributed by atoms with E-state index in [1.165, 1.54) is 0 Å². The summed E-state index contributed by atoms with van der Waals surface area (Å²) < 4.78 is 0. The molecule has 1 rings (SSSR count). The minimum absolute atomic E-state index is 0.00600. The third kappa shape index (κ3) is 3.53. The molecular formula is C11H17ClN4O2. The van der Waals surface area contributed by atoms with Crippen LogP contribution in [0.4, 0.5) is 11.5 Å². The van der Waals surface area contributed by atoms with E-state index in [-0.39, 0.29) is 27.9 Å². The van der Waals surface area contributed by atoms with Crippen LogP contribution in [0.2, 0.25) is 5.28 Å². The van der Waals surface area contributed by atoms with Crippen molar-refractivity contribution >= 4 is 23.1 Å². The van der Waals surface area contributed by atoms with E-state index in [1.807, 2.05) is 20.8 Å². The molecule has 0 N–H and O–H groups in total. The molecule has 0 unspecified atom stereocenters. The van der Waals surface area contributed by atoms with Crippen molar-refractivity contribution in [3.8, 4) is 0 Å². The molecule has 7 heteroatoms. The number of halogens is 1. The van der Waals surface area contributed by atoms with E-state index in [0.717, 1.165) is 0 Å². The van der Waals surface area contributed by atoms with Crippen molar-refractivity contribution < 1.29 is 4.92 Å². The molecule has 6 nitrogen and oxygen atoms in total. The minimum Gasteiger partial charge on any atom is -0.353 e. The van der Waals surface area contributed by atoms with Gasteiger partial charge >= 0.3 is 5.69 Å². The van der Waals surface area contributed by atoms with E-state index in [0.29, 0.717) is 6.54 Å². The molecule has 0 fully saturated rings. The summed E-state index contributed by atoms with van der Waals surface area (Å²) in [5.74, 6) is 0.257. The average molecular weight is 273 g/mol. The molecule has 0 amide bonds. The summed E-state index contributed by atoms with van der Waals surface area (Å²) >= 11 is 5.77. The van der Waals surface area contributed by atoms with Crippen molar-refractivity contribution in [1.29, 1.82) is 0 Å². The Morgan fingerprint density at radius 1 is 1.39 bits per heavy atom. The van der Waals surface area contributed by atoms with Crippen LogP contribution in [0.3, 0.4) is 0 Å². The van der Waals surface area contributed by atoms with Gasteiger partial charge in [-0.15, -0.1) is 0 Å². The molecule has 0 aliphatic carbocycles. The first-order valence-electron chi connectivity index (χ1n) is 5.51. The number of anilines is 1. The zero-order chi connectivity index (χ0) is 14.1. The molecule has 1 aromatic heterocycles. The molecular weight excluding hydrogens is 256 g/mol. The number of aryl methyl sites for hydroxylation is 1. The highest BCUT2D eigenvalue weighted by Crippen LogP contribution is 2.30. The van der Waals surface area contributed by atoms with Crippen molar-refractivity contribution in [2.75, 3.05) is 18.5 Å². The van der Waals surface area contributed by atoms with Gasteiger partial charge in [-0.1, -0.05) is 20.8 Å². The van der Waals surface area contributed by atoms with Crippen molar-refractivity contribution in [3.63, 3.8) is 0 Å². The Balaban J connectivity index is 3.26. The van der Waals surface area contributed by atoms with Gasteiger partial charge < -0.3 is 4.90 Å². The second-order valence-electron chi connectivity index (χ2n) is 5.42. The van der Waals surface area contributed by atoms with Crippen LogP contribution in [0.1, 0.15) is 26.5 Å². The molecule has 0 atom stereocenters. The lowest BCUT2D eigenvalue weighted by molar-refractivity contribution is -0.385. The first-order valence-corrected chi connectivity index (χ1v) is 5.89. The summed E-state index contributed by atoms with van der Waals surface area (Å²) in [6.07, 6.45) is 0. The van der Waals surface area contributed by atoms with E-state index in [2.05, 4.69) is 9.97 Å². The predicted molar refractivity (Wildman–Crippen MR) is 71.2 cm³/mol. The minimum atomic E-state index is -0.472. The number of hydrogen-bond donors (Lipinski definition) is 0. The van der Waals surface area contributed by atoms with E-state index in [4.69, 9.17) is 11.6 Å². The van der Waals surface area contributed by atoms with E-state index in [1.54, 1.807) is 18.9 Å². The fourth-order valence-corrected chi connectivity index (χ4v) is 1.99. The molecule has 100 valence electrons. The van der Waals surface area contributed by atoms with Crippen molar-refractivity contribution in [3.05, 3.63) is 21.1 Å². The summed E-state index contributed by atoms with van der Waals surface area (Å²) in [4.78, 5) is 20.1. The topological polar surface area (TPSA) is 72.2 Å². The lowest BCUT2D eigenvalue weighted by Crippen LogP contribution is -2.30. The number of rotatable bonds is 3. The lowest BCUT2D eigenvalue weighted by Gasteiger charge is -2.27. The van der Waals surface area contributed by atoms with Crippen LogP contribution in [-0.2, 0) is 0 Å². The zero-order valence-electron chi connectivity index (χ0n) is 11.2. The molecule has 0 bridgehead atoms. The van der Waals surface area contributed by atoms with Gasteiger partial charge in [-0.25, -0.2) is 4.98 Å². The Kier molecular flexibility index (Phi) is 4.11. The van der Waals surface area contributed by atoms with Crippen molar-refractivity contribution in [1.82, 2.24) is 9.97 Å². The smallest absolute Gasteiger partial charge is 0.332 e. The third-order valence-corrected chi connectivity index (χ3v) is 2.44. The van der Waals surface area contributed by atoms with Crippen molar-refractivity contribution in [2.24, 2.45) is 5.41 Å². The van der Waals surface area contributed by atoms with Crippen LogP contribution >= 0.6 is 11.6 Å². The van der Waals surface area contributed by atoms with E-state index in [9.17, 15) is 10.1 Å². The third-order valence-electron chi connectivity index (χ3n) is 2.27. The fourth-order valence-electron chi connectivity index (χ4n) is 1.78. The van der Waals surface area contributed by atoms with E-state index < -0.39 is 4.92 Å². The maximum atomic E-state index is 11.1. The molecule has 0 aliphatic rings. The second-order valence-corrected chi connectivity index (χ2v) is 5.76. The van der Waals surface area contributed by atoms with E-state index >= 15 is 0 Å². The Hall–Kier alpha value is -1.43. The van der Waals surface area contributed by atoms with Crippen LogP contribution in [0.25, 0.3) is 0 Å². The maximum Gasteiger partial charge on any atom is 0.332 e.